The average molecular weight is 355 g/mol. The Hall–Kier alpha value is -1.93. The Morgan fingerprint density at radius 2 is 1.83 bits per heavy atom. The highest BCUT2D eigenvalue weighted by molar-refractivity contribution is 7.18. The van der Waals surface area contributed by atoms with E-state index in [-0.39, 0.29) is 36.1 Å². The number of anilines is 1. The molecule has 2 amide bonds. The van der Waals surface area contributed by atoms with Crippen LogP contribution < -0.4 is 16.0 Å². The van der Waals surface area contributed by atoms with Gasteiger partial charge < -0.3 is 20.7 Å². The molecule has 0 saturated heterocycles. The lowest BCUT2D eigenvalue weighted by Gasteiger charge is -2.19. The maximum absolute atomic E-state index is 12.2. The second-order valence-electron chi connectivity index (χ2n) is 6.21. The van der Waals surface area contributed by atoms with Crippen LogP contribution in [0.2, 0.25) is 0 Å². The molecule has 0 spiro atoms. The van der Waals surface area contributed by atoms with Gasteiger partial charge in [0, 0.05) is 12.6 Å². The molecule has 3 N–H and O–H groups in total. The van der Waals surface area contributed by atoms with Crippen molar-refractivity contribution in [3.63, 3.8) is 0 Å². The summed E-state index contributed by atoms with van der Waals surface area (Å²) in [5.74, 6) is -1.16. The molecule has 1 rings (SSSR count). The standard InChI is InChI=1S/C16H25N3O4S/c1-7-23-15(22)11-9(2)12(13(21)17-6)24-14(11)19-10(20)8-18-16(3,4)5/h18H,7-8H2,1-6H3,(H,17,21)(H,19,20). The fourth-order valence-electron chi connectivity index (χ4n) is 1.90. The first-order valence-corrected chi connectivity index (χ1v) is 8.49. The van der Waals surface area contributed by atoms with Crippen molar-refractivity contribution in [1.29, 1.82) is 0 Å². The molecule has 0 atom stereocenters. The highest BCUT2D eigenvalue weighted by atomic mass is 32.1. The van der Waals surface area contributed by atoms with Crippen LogP contribution >= 0.6 is 11.3 Å². The molecule has 0 aromatic carbocycles. The monoisotopic (exact) mass is 355 g/mol. The van der Waals surface area contributed by atoms with Crippen LogP contribution in [0.15, 0.2) is 0 Å². The predicted molar refractivity (Wildman–Crippen MR) is 94.8 cm³/mol. The van der Waals surface area contributed by atoms with Crippen LogP contribution in [-0.4, -0.2) is 43.5 Å². The van der Waals surface area contributed by atoms with Gasteiger partial charge >= 0.3 is 5.97 Å². The van der Waals surface area contributed by atoms with Gasteiger partial charge in [0.25, 0.3) is 5.91 Å². The van der Waals surface area contributed by atoms with E-state index in [2.05, 4.69) is 16.0 Å². The highest BCUT2D eigenvalue weighted by Gasteiger charge is 2.26. The molecule has 0 aliphatic heterocycles. The van der Waals surface area contributed by atoms with Gasteiger partial charge in [0.1, 0.15) is 5.00 Å². The third-order valence-electron chi connectivity index (χ3n) is 3.09. The molecule has 134 valence electrons. The topological polar surface area (TPSA) is 96.5 Å². The van der Waals surface area contributed by atoms with Crippen molar-refractivity contribution in [3.8, 4) is 0 Å². The number of nitrogens with one attached hydrogen (secondary N) is 3. The van der Waals surface area contributed by atoms with Crippen LogP contribution in [0.25, 0.3) is 0 Å². The third-order valence-corrected chi connectivity index (χ3v) is 4.30. The number of rotatable bonds is 6. The molecule has 0 fully saturated rings. The number of hydrogen-bond acceptors (Lipinski definition) is 6. The largest absolute Gasteiger partial charge is 0.462 e. The highest BCUT2D eigenvalue weighted by Crippen LogP contribution is 2.33. The van der Waals surface area contributed by atoms with Crippen molar-refractivity contribution < 1.29 is 19.1 Å². The van der Waals surface area contributed by atoms with Crippen molar-refractivity contribution in [1.82, 2.24) is 10.6 Å². The summed E-state index contributed by atoms with van der Waals surface area (Å²) in [5.41, 5.74) is 0.515. The Labute approximate surface area is 146 Å². The van der Waals surface area contributed by atoms with Gasteiger partial charge in [0.15, 0.2) is 0 Å². The Kier molecular flexibility index (Phi) is 6.92. The second kappa shape index (κ2) is 8.25. The number of ether oxygens (including phenoxy) is 1. The fourth-order valence-corrected chi connectivity index (χ4v) is 3.05. The van der Waals surface area contributed by atoms with Crippen LogP contribution in [-0.2, 0) is 9.53 Å². The van der Waals surface area contributed by atoms with Gasteiger partial charge in [0.05, 0.1) is 23.6 Å². The summed E-state index contributed by atoms with van der Waals surface area (Å²) in [6, 6.07) is 0. The van der Waals surface area contributed by atoms with Gasteiger partial charge in [-0.15, -0.1) is 11.3 Å². The fraction of sp³-hybridized carbons (Fsp3) is 0.562. The summed E-state index contributed by atoms with van der Waals surface area (Å²) in [6.45, 7) is 9.51. The summed E-state index contributed by atoms with van der Waals surface area (Å²) in [5, 5.41) is 8.62. The minimum absolute atomic E-state index is 0.0953. The van der Waals surface area contributed by atoms with E-state index in [4.69, 9.17) is 4.74 Å². The van der Waals surface area contributed by atoms with Crippen LogP contribution in [0, 0.1) is 6.92 Å². The van der Waals surface area contributed by atoms with E-state index < -0.39 is 5.97 Å². The SMILES string of the molecule is CCOC(=O)c1c(NC(=O)CNC(C)(C)C)sc(C(=O)NC)c1C. The van der Waals surface area contributed by atoms with E-state index >= 15 is 0 Å². The van der Waals surface area contributed by atoms with Gasteiger partial charge in [-0.25, -0.2) is 4.79 Å². The van der Waals surface area contributed by atoms with Crippen molar-refractivity contribution in [2.24, 2.45) is 0 Å². The Morgan fingerprint density at radius 1 is 1.21 bits per heavy atom. The Balaban J connectivity index is 3.09. The van der Waals surface area contributed by atoms with E-state index in [9.17, 15) is 14.4 Å². The van der Waals surface area contributed by atoms with E-state index in [0.717, 1.165) is 11.3 Å². The Bertz CT molecular complexity index is 632. The number of amides is 2. The molecule has 7 nitrogen and oxygen atoms in total. The van der Waals surface area contributed by atoms with Crippen molar-refractivity contribution in [2.75, 3.05) is 25.5 Å². The molecule has 1 aromatic heterocycles. The third kappa shape index (κ3) is 5.31. The van der Waals surface area contributed by atoms with E-state index in [1.54, 1.807) is 13.8 Å². The smallest absolute Gasteiger partial charge is 0.341 e. The number of thiophene rings is 1. The maximum atomic E-state index is 12.2. The first-order valence-electron chi connectivity index (χ1n) is 7.68. The van der Waals surface area contributed by atoms with E-state index in [1.165, 1.54) is 7.05 Å². The molecule has 0 saturated carbocycles. The number of esters is 1. The van der Waals surface area contributed by atoms with Crippen molar-refractivity contribution in [3.05, 3.63) is 16.0 Å². The van der Waals surface area contributed by atoms with Crippen LogP contribution in [0.4, 0.5) is 5.00 Å². The van der Waals surface area contributed by atoms with Crippen molar-refractivity contribution in [2.45, 2.75) is 40.2 Å². The van der Waals surface area contributed by atoms with Gasteiger partial charge in [-0.3, -0.25) is 9.59 Å². The lowest BCUT2D eigenvalue weighted by Crippen LogP contribution is -2.41. The molecule has 0 unspecified atom stereocenters. The molecule has 24 heavy (non-hydrogen) atoms. The number of carbonyl (C=O) groups is 3. The molecule has 1 aromatic rings. The van der Waals surface area contributed by atoms with Gasteiger partial charge in [-0.1, -0.05) is 0 Å². The van der Waals surface area contributed by atoms with E-state index in [0.29, 0.717) is 15.4 Å². The minimum Gasteiger partial charge on any atom is -0.462 e. The summed E-state index contributed by atoms with van der Waals surface area (Å²) in [6.07, 6.45) is 0. The Morgan fingerprint density at radius 3 is 2.33 bits per heavy atom. The molecule has 1 heterocycles. The predicted octanol–water partition coefficient (Wildman–Crippen LogP) is 1.92. The normalized spacial score (nSPS) is 11.1. The van der Waals surface area contributed by atoms with Crippen molar-refractivity contribution >= 4 is 34.1 Å². The van der Waals surface area contributed by atoms with Crippen LogP contribution in [0.5, 0.6) is 0 Å². The first-order chi connectivity index (χ1) is 11.1. The quantitative estimate of drug-likeness (QED) is 0.678. The molecule has 8 heteroatoms. The summed E-state index contributed by atoms with van der Waals surface area (Å²) in [7, 11) is 1.51. The minimum atomic E-state index is -0.555. The molecular formula is C16H25N3O4S. The molecule has 0 bridgehead atoms. The van der Waals surface area contributed by atoms with Gasteiger partial charge in [0.2, 0.25) is 5.91 Å². The van der Waals surface area contributed by atoms with Gasteiger partial charge in [-0.05, 0) is 40.2 Å². The summed E-state index contributed by atoms with van der Waals surface area (Å²) < 4.78 is 5.04. The first kappa shape index (κ1) is 20.1. The number of carbonyl (C=O) groups excluding carboxylic acids is 3. The zero-order chi connectivity index (χ0) is 18.5. The zero-order valence-corrected chi connectivity index (χ0v) is 15.8. The molecule has 0 aliphatic rings. The summed E-state index contributed by atoms with van der Waals surface area (Å²) in [4.78, 5) is 36.6. The zero-order valence-electron chi connectivity index (χ0n) is 15.0. The van der Waals surface area contributed by atoms with Gasteiger partial charge in [-0.2, -0.15) is 0 Å². The molecular weight excluding hydrogens is 330 g/mol. The molecule has 0 aliphatic carbocycles. The second-order valence-corrected chi connectivity index (χ2v) is 7.23. The number of hydrogen-bond donors (Lipinski definition) is 3. The van der Waals surface area contributed by atoms with E-state index in [1.807, 2.05) is 20.8 Å². The lowest BCUT2D eigenvalue weighted by molar-refractivity contribution is -0.115. The summed E-state index contributed by atoms with van der Waals surface area (Å²) >= 11 is 1.06. The average Bonchev–Trinajstić information content (AvgIpc) is 2.80. The molecule has 0 radical (unpaired) electrons. The lowest BCUT2D eigenvalue weighted by atomic mass is 10.1. The maximum Gasteiger partial charge on any atom is 0.341 e. The van der Waals surface area contributed by atoms with Crippen LogP contribution in [0.1, 0.15) is 53.3 Å². The van der Waals surface area contributed by atoms with Crippen LogP contribution in [0.3, 0.4) is 0 Å².